The Hall–Kier alpha value is -1.81. The molecule has 0 spiro atoms. The molecule has 21 heavy (non-hydrogen) atoms. The standard InChI is InChI=1S/C17H22N2O2/c1-12(20)13-7-10-19(11-8-13)17-15-4-3-5-16(21-2)14(15)6-9-18-17/h3-6,9,12-13,20H,7-8,10-11H2,1-2H3. The molecule has 4 nitrogen and oxygen atoms in total. The summed E-state index contributed by atoms with van der Waals surface area (Å²) in [7, 11) is 1.70. The van der Waals surface area contributed by atoms with E-state index in [9.17, 15) is 5.11 Å². The van der Waals surface area contributed by atoms with Crippen LogP contribution < -0.4 is 9.64 Å². The van der Waals surface area contributed by atoms with Crippen LogP contribution in [0.1, 0.15) is 19.8 Å². The lowest BCUT2D eigenvalue weighted by molar-refractivity contribution is 0.110. The Morgan fingerprint density at radius 3 is 2.67 bits per heavy atom. The molecule has 1 atom stereocenters. The lowest BCUT2D eigenvalue weighted by Gasteiger charge is -2.34. The summed E-state index contributed by atoms with van der Waals surface area (Å²) in [6.45, 7) is 3.78. The van der Waals surface area contributed by atoms with Gasteiger partial charge in [0.1, 0.15) is 11.6 Å². The van der Waals surface area contributed by atoms with Crippen LogP contribution in [0.4, 0.5) is 5.82 Å². The van der Waals surface area contributed by atoms with Crippen LogP contribution >= 0.6 is 0 Å². The lowest BCUT2D eigenvalue weighted by atomic mass is 9.92. The molecule has 2 aromatic rings. The van der Waals surface area contributed by atoms with Gasteiger partial charge < -0.3 is 14.7 Å². The van der Waals surface area contributed by atoms with Crippen molar-refractivity contribution >= 4 is 16.6 Å². The summed E-state index contributed by atoms with van der Waals surface area (Å²) in [4.78, 5) is 6.90. The number of rotatable bonds is 3. The largest absolute Gasteiger partial charge is 0.496 e. The number of methoxy groups -OCH3 is 1. The highest BCUT2D eigenvalue weighted by Gasteiger charge is 2.24. The normalized spacial score (nSPS) is 18.0. The van der Waals surface area contributed by atoms with E-state index in [1.807, 2.05) is 31.3 Å². The Labute approximate surface area is 125 Å². The molecule has 0 aliphatic carbocycles. The molecule has 2 heterocycles. The number of aromatic nitrogens is 1. The van der Waals surface area contributed by atoms with Gasteiger partial charge >= 0.3 is 0 Å². The highest BCUT2D eigenvalue weighted by atomic mass is 16.5. The third-order valence-electron chi connectivity index (χ3n) is 4.49. The quantitative estimate of drug-likeness (QED) is 0.942. The van der Waals surface area contributed by atoms with Crippen molar-refractivity contribution in [1.29, 1.82) is 0 Å². The fourth-order valence-electron chi connectivity index (χ4n) is 3.19. The number of benzene rings is 1. The van der Waals surface area contributed by atoms with E-state index in [1.165, 1.54) is 0 Å². The minimum atomic E-state index is -0.215. The zero-order valence-electron chi connectivity index (χ0n) is 12.6. The maximum absolute atomic E-state index is 9.72. The fraction of sp³-hybridized carbons (Fsp3) is 0.471. The van der Waals surface area contributed by atoms with E-state index in [2.05, 4.69) is 16.0 Å². The van der Waals surface area contributed by atoms with E-state index in [0.717, 1.165) is 48.3 Å². The van der Waals surface area contributed by atoms with Gasteiger partial charge in [-0.25, -0.2) is 4.98 Å². The predicted molar refractivity (Wildman–Crippen MR) is 84.9 cm³/mol. The summed E-state index contributed by atoms with van der Waals surface area (Å²) in [6.07, 6.45) is 3.66. The number of piperidine rings is 1. The summed E-state index contributed by atoms with van der Waals surface area (Å²) in [5, 5.41) is 12.0. The maximum atomic E-state index is 9.72. The van der Waals surface area contributed by atoms with Gasteiger partial charge in [0.05, 0.1) is 13.2 Å². The summed E-state index contributed by atoms with van der Waals surface area (Å²) < 4.78 is 5.44. The molecule has 4 heteroatoms. The number of fused-ring (bicyclic) bond motifs is 1. The highest BCUT2D eigenvalue weighted by Crippen LogP contribution is 2.33. The van der Waals surface area contributed by atoms with Gasteiger partial charge in [0, 0.05) is 30.1 Å². The van der Waals surface area contributed by atoms with Gasteiger partial charge in [-0.3, -0.25) is 0 Å². The lowest BCUT2D eigenvalue weighted by Crippen LogP contribution is -2.37. The van der Waals surface area contributed by atoms with Gasteiger partial charge in [-0.1, -0.05) is 12.1 Å². The smallest absolute Gasteiger partial charge is 0.136 e. The SMILES string of the molecule is COc1cccc2c(N3CCC(C(C)O)CC3)nccc12. The second-order valence-electron chi connectivity index (χ2n) is 5.76. The molecular weight excluding hydrogens is 264 g/mol. The molecule has 112 valence electrons. The van der Waals surface area contributed by atoms with E-state index in [0.29, 0.717) is 5.92 Å². The first-order valence-corrected chi connectivity index (χ1v) is 7.55. The van der Waals surface area contributed by atoms with Crippen molar-refractivity contribution in [3.8, 4) is 5.75 Å². The van der Waals surface area contributed by atoms with Gasteiger partial charge in [0.2, 0.25) is 0 Å². The molecule has 1 aromatic carbocycles. The van der Waals surface area contributed by atoms with Crippen LogP contribution in [0, 0.1) is 5.92 Å². The van der Waals surface area contributed by atoms with Crippen molar-refractivity contribution in [3.63, 3.8) is 0 Å². The number of ether oxygens (including phenoxy) is 1. The molecule has 1 N–H and O–H groups in total. The molecule has 1 unspecified atom stereocenters. The Bertz CT molecular complexity index is 619. The molecule has 0 bridgehead atoms. The zero-order chi connectivity index (χ0) is 14.8. The number of hydrogen-bond acceptors (Lipinski definition) is 4. The average Bonchev–Trinajstić information content (AvgIpc) is 2.53. The Balaban J connectivity index is 1.91. The van der Waals surface area contributed by atoms with Gasteiger partial charge in [0.25, 0.3) is 0 Å². The first-order valence-electron chi connectivity index (χ1n) is 7.55. The van der Waals surface area contributed by atoms with Crippen LogP contribution in [0.2, 0.25) is 0 Å². The summed E-state index contributed by atoms with van der Waals surface area (Å²) >= 11 is 0. The van der Waals surface area contributed by atoms with Crippen LogP contribution in [-0.2, 0) is 0 Å². The van der Waals surface area contributed by atoms with Gasteiger partial charge in [-0.15, -0.1) is 0 Å². The first-order chi connectivity index (χ1) is 10.2. The van der Waals surface area contributed by atoms with E-state index >= 15 is 0 Å². The fourth-order valence-corrected chi connectivity index (χ4v) is 3.19. The molecule has 1 aliphatic heterocycles. The van der Waals surface area contributed by atoms with E-state index < -0.39 is 0 Å². The van der Waals surface area contributed by atoms with Crippen molar-refractivity contribution in [2.45, 2.75) is 25.9 Å². The van der Waals surface area contributed by atoms with Gasteiger partial charge in [0.15, 0.2) is 0 Å². The zero-order valence-corrected chi connectivity index (χ0v) is 12.6. The number of hydrogen-bond donors (Lipinski definition) is 1. The molecule has 3 rings (SSSR count). The van der Waals surface area contributed by atoms with Crippen molar-refractivity contribution in [2.24, 2.45) is 5.92 Å². The van der Waals surface area contributed by atoms with Crippen molar-refractivity contribution in [2.75, 3.05) is 25.1 Å². The molecule has 0 radical (unpaired) electrons. The van der Waals surface area contributed by atoms with Crippen LogP contribution in [0.25, 0.3) is 10.8 Å². The minimum absolute atomic E-state index is 0.215. The summed E-state index contributed by atoms with van der Waals surface area (Å²) in [6, 6.07) is 8.09. The molecular formula is C17H22N2O2. The van der Waals surface area contributed by atoms with E-state index in [-0.39, 0.29) is 6.10 Å². The monoisotopic (exact) mass is 286 g/mol. The summed E-state index contributed by atoms with van der Waals surface area (Å²) in [5.74, 6) is 2.32. The van der Waals surface area contributed by atoms with E-state index in [1.54, 1.807) is 7.11 Å². The van der Waals surface area contributed by atoms with Crippen molar-refractivity contribution < 1.29 is 9.84 Å². The number of pyridine rings is 1. The van der Waals surface area contributed by atoms with Crippen LogP contribution in [-0.4, -0.2) is 36.4 Å². The van der Waals surface area contributed by atoms with Crippen LogP contribution in [0.15, 0.2) is 30.5 Å². The average molecular weight is 286 g/mol. The second-order valence-corrected chi connectivity index (χ2v) is 5.76. The van der Waals surface area contributed by atoms with Crippen molar-refractivity contribution in [1.82, 2.24) is 4.98 Å². The number of anilines is 1. The third-order valence-corrected chi connectivity index (χ3v) is 4.49. The molecule has 0 saturated carbocycles. The number of aliphatic hydroxyl groups excluding tert-OH is 1. The van der Waals surface area contributed by atoms with Gasteiger partial charge in [-0.2, -0.15) is 0 Å². The number of aliphatic hydroxyl groups is 1. The predicted octanol–water partition coefficient (Wildman–Crippen LogP) is 2.84. The van der Waals surface area contributed by atoms with E-state index in [4.69, 9.17) is 4.74 Å². The number of nitrogens with zero attached hydrogens (tertiary/aromatic N) is 2. The Kier molecular flexibility index (Phi) is 3.97. The van der Waals surface area contributed by atoms with Gasteiger partial charge in [-0.05, 0) is 37.8 Å². The molecule has 1 aromatic heterocycles. The molecule has 1 aliphatic rings. The minimum Gasteiger partial charge on any atom is -0.496 e. The molecule has 1 saturated heterocycles. The maximum Gasteiger partial charge on any atom is 0.136 e. The molecule has 1 fully saturated rings. The van der Waals surface area contributed by atoms with Crippen LogP contribution in [0.5, 0.6) is 5.75 Å². The van der Waals surface area contributed by atoms with Crippen LogP contribution in [0.3, 0.4) is 0 Å². The topological polar surface area (TPSA) is 45.6 Å². The van der Waals surface area contributed by atoms with Crippen molar-refractivity contribution in [3.05, 3.63) is 30.5 Å². The Morgan fingerprint density at radius 1 is 1.24 bits per heavy atom. The third kappa shape index (κ3) is 2.68. The molecule has 0 amide bonds. The second kappa shape index (κ2) is 5.90. The highest BCUT2D eigenvalue weighted by molar-refractivity contribution is 5.96. The first kappa shape index (κ1) is 14.1. The Morgan fingerprint density at radius 2 is 2.00 bits per heavy atom. The summed E-state index contributed by atoms with van der Waals surface area (Å²) in [5.41, 5.74) is 0.